The summed E-state index contributed by atoms with van der Waals surface area (Å²) >= 11 is 1.43. The highest BCUT2D eigenvalue weighted by Gasteiger charge is 2.10. The molecule has 1 heterocycles. The summed E-state index contributed by atoms with van der Waals surface area (Å²) in [5.74, 6) is 0. The minimum Gasteiger partial charge on any atom is -0.312 e. The minimum atomic E-state index is 0.393. The maximum absolute atomic E-state index is 4.12. The van der Waals surface area contributed by atoms with Crippen LogP contribution in [0.3, 0.4) is 0 Å². The van der Waals surface area contributed by atoms with E-state index in [-0.39, 0.29) is 0 Å². The van der Waals surface area contributed by atoms with Crippen LogP contribution >= 0.6 is 11.5 Å². The van der Waals surface area contributed by atoms with Crippen LogP contribution in [0.1, 0.15) is 63.6 Å². The molecule has 1 atom stereocenters. The van der Waals surface area contributed by atoms with Gasteiger partial charge in [0.2, 0.25) is 0 Å². The van der Waals surface area contributed by atoms with Crippen molar-refractivity contribution in [2.24, 2.45) is 0 Å². The van der Waals surface area contributed by atoms with E-state index in [1.165, 1.54) is 56.5 Å². The lowest BCUT2D eigenvalue weighted by atomic mass is 10.0. The molecule has 0 aliphatic carbocycles. The van der Waals surface area contributed by atoms with Gasteiger partial charge in [0.05, 0.1) is 11.7 Å². The van der Waals surface area contributed by atoms with Crippen molar-refractivity contribution in [2.75, 3.05) is 7.05 Å². The van der Waals surface area contributed by atoms with Gasteiger partial charge in [-0.25, -0.2) is 0 Å². The smallest absolute Gasteiger partial charge is 0.0924 e. The summed E-state index contributed by atoms with van der Waals surface area (Å²) in [5.41, 5.74) is 1.10. The normalized spacial score (nSPS) is 12.9. The molecule has 0 saturated carbocycles. The quantitative estimate of drug-likeness (QED) is 0.672. The number of aromatic nitrogens is 2. The summed E-state index contributed by atoms with van der Waals surface area (Å²) in [6.45, 7) is 2.26. The van der Waals surface area contributed by atoms with Gasteiger partial charge >= 0.3 is 0 Å². The zero-order valence-corrected chi connectivity index (χ0v) is 11.2. The molecule has 0 spiro atoms. The van der Waals surface area contributed by atoms with E-state index in [4.69, 9.17) is 0 Å². The van der Waals surface area contributed by atoms with Gasteiger partial charge in [-0.1, -0.05) is 49.9 Å². The molecule has 16 heavy (non-hydrogen) atoms. The fourth-order valence-corrected chi connectivity index (χ4v) is 2.40. The first-order chi connectivity index (χ1) is 7.88. The maximum Gasteiger partial charge on any atom is 0.0924 e. The van der Waals surface area contributed by atoms with Crippen LogP contribution in [0, 0.1) is 0 Å². The lowest BCUT2D eigenvalue weighted by Crippen LogP contribution is -2.16. The van der Waals surface area contributed by atoms with Crippen molar-refractivity contribution in [3.05, 3.63) is 11.1 Å². The SMILES string of the molecule is CCCCCCCCC(NC)c1csnn1. The monoisotopic (exact) mass is 241 g/mol. The van der Waals surface area contributed by atoms with E-state index in [2.05, 4.69) is 21.8 Å². The molecule has 0 radical (unpaired) electrons. The highest BCUT2D eigenvalue weighted by atomic mass is 32.1. The van der Waals surface area contributed by atoms with Crippen LogP contribution in [0.4, 0.5) is 0 Å². The van der Waals surface area contributed by atoms with Gasteiger partial charge in [-0.05, 0) is 25.0 Å². The maximum atomic E-state index is 4.12. The third-order valence-electron chi connectivity index (χ3n) is 2.93. The lowest BCUT2D eigenvalue weighted by Gasteiger charge is -2.12. The summed E-state index contributed by atoms with van der Waals surface area (Å²) in [7, 11) is 2.00. The number of rotatable bonds is 9. The average Bonchev–Trinajstić information content (AvgIpc) is 2.82. The third kappa shape index (κ3) is 5.03. The van der Waals surface area contributed by atoms with Gasteiger partial charge in [0.15, 0.2) is 0 Å². The molecule has 0 bridgehead atoms. The molecule has 1 aromatic heterocycles. The number of hydrogen-bond donors (Lipinski definition) is 1. The molecule has 0 saturated heterocycles. The van der Waals surface area contributed by atoms with E-state index in [0.717, 1.165) is 5.69 Å². The van der Waals surface area contributed by atoms with E-state index in [0.29, 0.717) is 6.04 Å². The molecule has 92 valence electrons. The second-order valence-corrected chi connectivity index (χ2v) is 4.84. The summed E-state index contributed by atoms with van der Waals surface area (Å²) in [5, 5.41) is 9.47. The second kappa shape index (κ2) is 8.65. The highest BCUT2D eigenvalue weighted by molar-refractivity contribution is 7.03. The van der Waals surface area contributed by atoms with Crippen molar-refractivity contribution in [2.45, 2.75) is 57.9 Å². The Labute approximate surface area is 103 Å². The van der Waals surface area contributed by atoms with E-state index >= 15 is 0 Å². The first kappa shape index (κ1) is 13.6. The molecule has 0 aromatic carbocycles. The Hall–Kier alpha value is -0.480. The van der Waals surface area contributed by atoms with Gasteiger partial charge in [-0.15, -0.1) is 5.10 Å². The summed E-state index contributed by atoms with van der Waals surface area (Å²) in [6.07, 6.45) is 9.27. The van der Waals surface area contributed by atoms with E-state index < -0.39 is 0 Å². The Morgan fingerprint density at radius 2 is 2.00 bits per heavy atom. The standard InChI is InChI=1S/C12H23N3S/c1-3-4-5-6-7-8-9-11(13-2)12-10-16-15-14-12/h10-11,13H,3-9H2,1-2H3. The molecule has 0 amide bonds. The molecule has 0 aliphatic rings. The molecule has 0 aliphatic heterocycles. The average molecular weight is 241 g/mol. The van der Waals surface area contributed by atoms with Crippen LogP contribution < -0.4 is 5.32 Å². The first-order valence-corrected chi connectivity index (χ1v) is 7.16. The summed E-state index contributed by atoms with van der Waals surface area (Å²) in [6, 6.07) is 0.393. The van der Waals surface area contributed by atoms with Crippen molar-refractivity contribution < 1.29 is 0 Å². The van der Waals surface area contributed by atoms with Crippen molar-refractivity contribution in [1.29, 1.82) is 0 Å². The van der Waals surface area contributed by atoms with E-state index in [1.54, 1.807) is 0 Å². The van der Waals surface area contributed by atoms with Crippen LogP contribution in [0.25, 0.3) is 0 Å². The number of nitrogens with one attached hydrogen (secondary N) is 1. The third-order valence-corrected chi connectivity index (χ3v) is 3.45. The van der Waals surface area contributed by atoms with Crippen LogP contribution in [0.15, 0.2) is 5.38 Å². The van der Waals surface area contributed by atoms with Crippen molar-refractivity contribution in [3.63, 3.8) is 0 Å². The van der Waals surface area contributed by atoms with Gasteiger partial charge < -0.3 is 5.32 Å². The first-order valence-electron chi connectivity index (χ1n) is 6.32. The van der Waals surface area contributed by atoms with Crippen LogP contribution in [0.2, 0.25) is 0 Å². The Morgan fingerprint density at radius 3 is 2.62 bits per heavy atom. The van der Waals surface area contributed by atoms with Crippen molar-refractivity contribution >= 4 is 11.5 Å². The predicted octanol–water partition coefficient (Wildman–Crippen LogP) is 3.55. The molecule has 3 nitrogen and oxygen atoms in total. The Morgan fingerprint density at radius 1 is 1.25 bits per heavy atom. The zero-order chi connectivity index (χ0) is 11.6. The van der Waals surface area contributed by atoms with Crippen molar-refractivity contribution in [3.8, 4) is 0 Å². The number of unbranched alkanes of at least 4 members (excludes halogenated alkanes) is 5. The topological polar surface area (TPSA) is 37.8 Å². The molecule has 1 N–H and O–H groups in total. The summed E-state index contributed by atoms with van der Waals surface area (Å²) < 4.78 is 3.91. The zero-order valence-electron chi connectivity index (χ0n) is 10.4. The molecular formula is C12H23N3S. The van der Waals surface area contributed by atoms with Crippen LogP contribution in [-0.2, 0) is 0 Å². The highest BCUT2D eigenvalue weighted by Crippen LogP contribution is 2.18. The van der Waals surface area contributed by atoms with Gasteiger partial charge in [0.25, 0.3) is 0 Å². The summed E-state index contributed by atoms with van der Waals surface area (Å²) in [4.78, 5) is 0. The Balaban J connectivity index is 2.11. The van der Waals surface area contributed by atoms with Gasteiger partial charge in [0, 0.05) is 5.38 Å². The van der Waals surface area contributed by atoms with E-state index in [1.807, 2.05) is 12.4 Å². The molecule has 0 fully saturated rings. The van der Waals surface area contributed by atoms with Gasteiger partial charge in [-0.2, -0.15) is 0 Å². The van der Waals surface area contributed by atoms with E-state index in [9.17, 15) is 0 Å². The Kier molecular flexibility index (Phi) is 7.34. The molecule has 1 aromatic rings. The fourth-order valence-electron chi connectivity index (χ4n) is 1.89. The minimum absolute atomic E-state index is 0.393. The molecular weight excluding hydrogens is 218 g/mol. The number of nitrogens with zero attached hydrogens (tertiary/aromatic N) is 2. The van der Waals surface area contributed by atoms with Crippen LogP contribution in [-0.4, -0.2) is 16.6 Å². The fraction of sp³-hybridized carbons (Fsp3) is 0.833. The lowest BCUT2D eigenvalue weighted by molar-refractivity contribution is 0.489. The predicted molar refractivity (Wildman–Crippen MR) is 69.7 cm³/mol. The van der Waals surface area contributed by atoms with Gasteiger partial charge in [0.1, 0.15) is 0 Å². The number of hydrogen-bond acceptors (Lipinski definition) is 4. The molecule has 4 heteroatoms. The Bertz CT molecular complexity index is 249. The van der Waals surface area contributed by atoms with Crippen molar-refractivity contribution in [1.82, 2.24) is 14.9 Å². The molecule has 1 unspecified atom stereocenters. The molecule has 1 rings (SSSR count). The van der Waals surface area contributed by atoms with Gasteiger partial charge in [-0.3, -0.25) is 0 Å². The largest absolute Gasteiger partial charge is 0.312 e. The van der Waals surface area contributed by atoms with Crippen LogP contribution in [0.5, 0.6) is 0 Å². The second-order valence-electron chi connectivity index (χ2n) is 4.23.